The van der Waals surface area contributed by atoms with Crippen LogP contribution >= 0.6 is 0 Å². The number of fused-ring (bicyclic) bond motifs is 3. The summed E-state index contributed by atoms with van der Waals surface area (Å²) in [4.78, 5) is 0. The normalized spacial score (nSPS) is 38.5. The fraction of sp³-hybridized carbons (Fsp3) is 1.00. The largest absolute Gasteiger partial charge is 1.00 e. The van der Waals surface area contributed by atoms with Crippen LogP contribution < -0.4 is 51.4 Å². The van der Waals surface area contributed by atoms with E-state index in [4.69, 9.17) is 0 Å². The first-order valence-electron chi connectivity index (χ1n) is 4.52. The van der Waals surface area contributed by atoms with Crippen LogP contribution in [-0.4, -0.2) is 37.9 Å². The molecule has 0 spiro atoms. The van der Waals surface area contributed by atoms with Crippen LogP contribution in [0.4, 0.5) is 12.9 Å². The van der Waals surface area contributed by atoms with Crippen molar-refractivity contribution in [1.82, 2.24) is 4.31 Å². The maximum absolute atomic E-state index is 12.6. The van der Waals surface area contributed by atoms with Crippen molar-refractivity contribution in [3.05, 3.63) is 0 Å². The van der Waals surface area contributed by atoms with Crippen LogP contribution in [0.25, 0.3) is 0 Å². The Kier molecular flexibility index (Phi) is 4.42. The van der Waals surface area contributed by atoms with E-state index < -0.39 is 28.1 Å². The molecule has 0 aliphatic carbocycles. The van der Waals surface area contributed by atoms with Crippen LogP contribution in [0.5, 0.6) is 0 Å². The van der Waals surface area contributed by atoms with Gasteiger partial charge >= 0.3 is 58.4 Å². The van der Waals surface area contributed by atoms with Crippen LogP contribution in [0.1, 0.15) is 12.8 Å². The fourth-order valence-corrected chi connectivity index (χ4v) is 4.59. The van der Waals surface area contributed by atoms with Gasteiger partial charge in [-0.25, -0.2) is 12.7 Å². The maximum atomic E-state index is 12.6. The van der Waals surface area contributed by atoms with E-state index in [1.54, 1.807) is 0 Å². The third-order valence-electron chi connectivity index (χ3n) is 3.04. The predicted molar refractivity (Wildman–Crippen MR) is 46.1 cm³/mol. The molecule has 3 heterocycles. The average molecular weight is 267 g/mol. The third-order valence-corrected chi connectivity index (χ3v) is 5.51. The van der Waals surface area contributed by atoms with Crippen molar-refractivity contribution < 1.29 is 72.7 Å². The molecule has 3 saturated heterocycles. The smallest absolute Gasteiger partial charge is 0.448 e. The fourth-order valence-electron chi connectivity index (χ4n) is 2.38. The van der Waals surface area contributed by atoms with Crippen molar-refractivity contribution in [3.8, 4) is 0 Å². The van der Waals surface area contributed by atoms with Crippen molar-refractivity contribution in [2.24, 2.45) is 5.92 Å². The molecule has 9 heteroatoms. The summed E-state index contributed by atoms with van der Waals surface area (Å²) in [5.41, 5.74) is 0. The van der Waals surface area contributed by atoms with Gasteiger partial charge in [0, 0.05) is 18.2 Å². The van der Waals surface area contributed by atoms with Gasteiger partial charge in [0.25, 0.3) is 0 Å². The first kappa shape index (κ1) is 14.5. The van der Waals surface area contributed by atoms with E-state index in [0.29, 0.717) is 12.8 Å². The first-order chi connectivity index (χ1) is 6.33. The van der Waals surface area contributed by atoms with Crippen LogP contribution in [0.15, 0.2) is 0 Å². The number of sulfonamides is 1. The van der Waals surface area contributed by atoms with Crippen molar-refractivity contribution in [3.63, 3.8) is 0 Å². The summed E-state index contributed by atoms with van der Waals surface area (Å²) in [5, 5.41) is -2.09. The molecule has 0 saturated carbocycles. The van der Waals surface area contributed by atoms with Crippen LogP contribution in [0.3, 0.4) is 0 Å². The van der Waals surface area contributed by atoms with E-state index in [1.807, 2.05) is 0 Å². The molecule has 1 atom stereocenters. The van der Waals surface area contributed by atoms with Gasteiger partial charge in [-0.3, -0.25) is 0 Å². The predicted octanol–water partition coefficient (Wildman–Crippen LogP) is -2.20. The Balaban J connectivity index is 0.00000112. The number of halogens is 3. The van der Waals surface area contributed by atoms with E-state index in [0.717, 1.165) is 4.31 Å². The number of hydrogen-bond acceptors (Lipinski definition) is 2. The Morgan fingerprint density at radius 1 is 1.13 bits per heavy atom. The van der Waals surface area contributed by atoms with Crippen molar-refractivity contribution in [2.45, 2.75) is 18.0 Å². The Labute approximate surface area is 129 Å². The minimum absolute atomic E-state index is 0. The summed E-state index contributed by atoms with van der Waals surface area (Å²) >= 11 is 0. The van der Waals surface area contributed by atoms with Crippen LogP contribution in [0, 0.1) is 5.92 Å². The Morgan fingerprint density at radius 3 is 1.87 bits per heavy atom. The van der Waals surface area contributed by atoms with Gasteiger partial charge in [-0.05, 0) is 18.8 Å². The molecule has 0 radical (unpaired) electrons. The average Bonchev–Trinajstić information content (AvgIpc) is 2.01. The standard InChI is InChI=1S/C6H10BF3NO2S.K/c8-7(9,10)6-5-1-3-11(4-2-5)14(6,12)13;/h5-6H,1-4H2;/q-1;+1. The Morgan fingerprint density at radius 2 is 1.60 bits per heavy atom. The van der Waals surface area contributed by atoms with Crippen LogP contribution in [0.2, 0.25) is 0 Å². The molecule has 0 aromatic rings. The molecule has 0 amide bonds. The second kappa shape index (κ2) is 4.58. The molecule has 2 bridgehead atoms. The number of piperidine rings is 1. The van der Waals surface area contributed by atoms with E-state index in [9.17, 15) is 21.4 Å². The van der Waals surface area contributed by atoms with Gasteiger partial charge < -0.3 is 12.9 Å². The number of rotatable bonds is 1. The zero-order valence-electron chi connectivity index (χ0n) is 8.37. The summed E-state index contributed by atoms with van der Waals surface area (Å²) in [5.74, 6) is -0.704. The van der Waals surface area contributed by atoms with Gasteiger partial charge in [0.05, 0.1) is 0 Å². The van der Waals surface area contributed by atoms with E-state index in [2.05, 4.69) is 0 Å². The summed E-state index contributed by atoms with van der Waals surface area (Å²) in [6, 6.07) is 0. The van der Waals surface area contributed by atoms with E-state index >= 15 is 0 Å². The molecule has 1 unspecified atom stereocenters. The Hall–Kier alpha value is 1.40. The molecule has 15 heavy (non-hydrogen) atoms. The molecule has 0 aromatic heterocycles. The van der Waals surface area contributed by atoms with E-state index in [-0.39, 0.29) is 64.5 Å². The number of nitrogens with zero attached hydrogens (tertiary/aromatic N) is 1. The van der Waals surface area contributed by atoms with Gasteiger partial charge in [-0.1, -0.05) is 0 Å². The topological polar surface area (TPSA) is 37.4 Å². The molecule has 0 N–H and O–H groups in total. The summed E-state index contributed by atoms with van der Waals surface area (Å²) in [7, 11) is -4.09. The van der Waals surface area contributed by atoms with Gasteiger partial charge in [0.1, 0.15) is 0 Å². The molecule has 82 valence electrons. The molecule has 3 rings (SSSR count). The van der Waals surface area contributed by atoms with Crippen molar-refractivity contribution in [2.75, 3.05) is 13.1 Å². The second-order valence-electron chi connectivity index (χ2n) is 3.87. The van der Waals surface area contributed by atoms with E-state index in [1.165, 1.54) is 0 Å². The van der Waals surface area contributed by atoms with Gasteiger partial charge in [-0.15, -0.1) is 0 Å². The summed E-state index contributed by atoms with van der Waals surface area (Å²) in [6.45, 7) is -4.76. The summed E-state index contributed by atoms with van der Waals surface area (Å²) < 4.78 is 61.5. The first-order valence-corrected chi connectivity index (χ1v) is 6.03. The third kappa shape index (κ3) is 2.48. The zero-order chi connectivity index (χ0) is 10.6. The SMILES string of the molecule is O=S1(=O)C([B-](F)(F)F)C2CCN1CC2.[K+]. The number of hydrogen-bond donors (Lipinski definition) is 0. The molecule has 3 aliphatic rings. The molecular weight excluding hydrogens is 257 g/mol. The quantitative estimate of drug-likeness (QED) is 0.506. The Bertz CT molecular complexity index is 339. The van der Waals surface area contributed by atoms with Gasteiger partial charge in [0.2, 0.25) is 0 Å². The zero-order valence-corrected chi connectivity index (χ0v) is 12.3. The minimum Gasteiger partial charge on any atom is -0.448 e. The molecule has 0 aromatic carbocycles. The molecule has 3 nitrogen and oxygen atoms in total. The molecular formula is C6H10BF3KNO2S. The molecule has 3 fully saturated rings. The minimum atomic E-state index is -5.28. The molecule has 3 aliphatic heterocycles. The maximum Gasteiger partial charge on any atom is 1.00 e. The van der Waals surface area contributed by atoms with Gasteiger partial charge in [0.15, 0.2) is 10.0 Å². The monoisotopic (exact) mass is 267 g/mol. The van der Waals surface area contributed by atoms with Crippen LogP contribution in [-0.2, 0) is 10.0 Å². The van der Waals surface area contributed by atoms with Crippen molar-refractivity contribution in [1.29, 1.82) is 0 Å². The summed E-state index contributed by atoms with van der Waals surface area (Å²) in [6.07, 6.45) is 0.705. The second-order valence-corrected chi connectivity index (χ2v) is 5.96. The van der Waals surface area contributed by atoms with Gasteiger partial charge in [-0.2, -0.15) is 0 Å². The van der Waals surface area contributed by atoms with Crippen molar-refractivity contribution >= 4 is 17.0 Å².